The minimum atomic E-state index is 0.0825. The van der Waals surface area contributed by atoms with Gasteiger partial charge in [-0.25, -0.2) is 0 Å². The summed E-state index contributed by atoms with van der Waals surface area (Å²) in [5.41, 5.74) is 0. The fourth-order valence-electron chi connectivity index (χ4n) is 2.43. The number of amides is 1. The van der Waals surface area contributed by atoms with Crippen LogP contribution in [0.5, 0.6) is 0 Å². The molecule has 1 aromatic heterocycles. The third-order valence-electron chi connectivity index (χ3n) is 3.73. The van der Waals surface area contributed by atoms with Gasteiger partial charge in [-0.05, 0) is 18.8 Å². The van der Waals surface area contributed by atoms with Crippen molar-refractivity contribution >= 4 is 17.7 Å². The predicted molar refractivity (Wildman–Crippen MR) is 81.5 cm³/mol. The van der Waals surface area contributed by atoms with E-state index in [0.29, 0.717) is 23.5 Å². The molecule has 5 nitrogen and oxygen atoms in total. The van der Waals surface area contributed by atoms with Gasteiger partial charge in [0.15, 0.2) is 0 Å². The fraction of sp³-hybridized carbons (Fsp3) is 0.786. The minimum Gasteiger partial charge on any atom is -0.350 e. The molecule has 0 unspecified atom stereocenters. The molecule has 1 aliphatic carbocycles. The first-order chi connectivity index (χ1) is 9.65. The Hall–Kier alpha value is -1.04. The van der Waals surface area contributed by atoms with Crippen LogP contribution in [0.3, 0.4) is 0 Å². The van der Waals surface area contributed by atoms with E-state index in [0.717, 1.165) is 0 Å². The summed E-state index contributed by atoms with van der Waals surface area (Å²) < 4.78 is 0. The zero-order valence-corrected chi connectivity index (χ0v) is 13.1. The zero-order valence-electron chi connectivity index (χ0n) is 12.3. The third-order valence-corrected chi connectivity index (χ3v) is 5.10. The van der Waals surface area contributed by atoms with Crippen LogP contribution < -0.4 is 5.32 Å². The highest BCUT2D eigenvalue weighted by molar-refractivity contribution is 8.00. The number of rotatable bonds is 7. The van der Waals surface area contributed by atoms with Crippen LogP contribution in [0.15, 0.2) is 12.4 Å². The van der Waals surface area contributed by atoms with Crippen LogP contribution >= 0.6 is 11.8 Å². The van der Waals surface area contributed by atoms with Gasteiger partial charge in [-0.1, -0.05) is 26.7 Å². The first kappa shape index (κ1) is 15.4. The van der Waals surface area contributed by atoms with Crippen molar-refractivity contribution in [2.75, 3.05) is 5.75 Å². The van der Waals surface area contributed by atoms with Crippen molar-refractivity contribution in [1.82, 2.24) is 20.3 Å². The van der Waals surface area contributed by atoms with Gasteiger partial charge in [0, 0.05) is 5.25 Å². The standard InChI is InChI=1S/C14H24N4OS/c1-11(2)13(9-18-15-7-8-16-18)17-14(19)10-20-12-5-3-4-6-12/h7-8,11-13H,3-6,9-10H2,1-2H3,(H,17,19)/t13-/m1/s1. The molecule has 20 heavy (non-hydrogen) atoms. The molecule has 0 spiro atoms. The van der Waals surface area contributed by atoms with Gasteiger partial charge >= 0.3 is 0 Å². The second-order valence-corrected chi connectivity index (χ2v) is 7.01. The highest BCUT2D eigenvalue weighted by Gasteiger charge is 2.20. The average molecular weight is 296 g/mol. The number of hydrogen-bond donors (Lipinski definition) is 1. The maximum atomic E-state index is 12.1. The van der Waals surface area contributed by atoms with Gasteiger partial charge in [0.25, 0.3) is 0 Å². The molecule has 112 valence electrons. The monoisotopic (exact) mass is 296 g/mol. The molecule has 1 N–H and O–H groups in total. The first-order valence-corrected chi connectivity index (χ1v) is 8.45. The Morgan fingerprint density at radius 3 is 2.60 bits per heavy atom. The number of carbonyl (C=O) groups excluding carboxylic acids is 1. The molecule has 0 aliphatic heterocycles. The predicted octanol–water partition coefficient (Wildman–Crippen LogP) is 2.09. The van der Waals surface area contributed by atoms with Gasteiger partial charge < -0.3 is 5.32 Å². The Balaban J connectivity index is 1.76. The van der Waals surface area contributed by atoms with Gasteiger partial charge in [-0.15, -0.1) is 11.8 Å². The van der Waals surface area contributed by atoms with E-state index >= 15 is 0 Å². The van der Waals surface area contributed by atoms with Crippen LogP contribution in [0.2, 0.25) is 0 Å². The molecule has 1 heterocycles. The topological polar surface area (TPSA) is 59.8 Å². The number of aromatic nitrogens is 3. The maximum absolute atomic E-state index is 12.1. The number of nitrogens with zero attached hydrogens (tertiary/aromatic N) is 3. The molecule has 1 amide bonds. The van der Waals surface area contributed by atoms with E-state index in [1.807, 2.05) is 0 Å². The molecule has 2 rings (SSSR count). The molecule has 1 aliphatic rings. The highest BCUT2D eigenvalue weighted by Crippen LogP contribution is 2.29. The van der Waals surface area contributed by atoms with E-state index in [1.165, 1.54) is 25.7 Å². The Bertz CT molecular complexity index is 401. The van der Waals surface area contributed by atoms with Crippen molar-refractivity contribution in [2.24, 2.45) is 5.92 Å². The lowest BCUT2D eigenvalue weighted by molar-refractivity contribution is -0.119. The zero-order chi connectivity index (χ0) is 14.4. The second-order valence-electron chi connectivity index (χ2n) is 5.72. The summed E-state index contributed by atoms with van der Waals surface area (Å²) in [4.78, 5) is 13.7. The molecule has 1 fully saturated rings. The fourth-order valence-corrected chi connectivity index (χ4v) is 3.57. The average Bonchev–Trinajstić information content (AvgIpc) is 3.08. The number of carbonyl (C=O) groups is 1. The Kier molecular flexibility index (Phi) is 5.88. The van der Waals surface area contributed by atoms with Crippen LogP contribution in [-0.2, 0) is 11.3 Å². The highest BCUT2D eigenvalue weighted by atomic mass is 32.2. The van der Waals surface area contributed by atoms with E-state index < -0.39 is 0 Å². The molecule has 1 atom stereocenters. The van der Waals surface area contributed by atoms with Crippen molar-refractivity contribution in [3.63, 3.8) is 0 Å². The van der Waals surface area contributed by atoms with Crippen LogP contribution in [0.25, 0.3) is 0 Å². The van der Waals surface area contributed by atoms with Gasteiger partial charge in [0.05, 0.1) is 30.7 Å². The summed E-state index contributed by atoms with van der Waals surface area (Å²) >= 11 is 1.80. The molecule has 6 heteroatoms. The summed E-state index contributed by atoms with van der Waals surface area (Å²) in [5, 5.41) is 12.0. The lowest BCUT2D eigenvalue weighted by atomic mass is 10.0. The van der Waals surface area contributed by atoms with Crippen molar-refractivity contribution in [1.29, 1.82) is 0 Å². The molecular weight excluding hydrogens is 272 g/mol. The van der Waals surface area contributed by atoms with Gasteiger partial charge in [-0.3, -0.25) is 4.79 Å². The van der Waals surface area contributed by atoms with Gasteiger partial charge in [0.2, 0.25) is 5.91 Å². The number of hydrogen-bond acceptors (Lipinski definition) is 4. The third kappa shape index (κ3) is 4.81. The summed E-state index contributed by atoms with van der Waals surface area (Å²) in [7, 11) is 0. The summed E-state index contributed by atoms with van der Waals surface area (Å²) in [6, 6.07) is 0.0825. The van der Waals surface area contributed by atoms with E-state index in [4.69, 9.17) is 0 Å². The molecular formula is C14H24N4OS. The second kappa shape index (κ2) is 7.67. The van der Waals surface area contributed by atoms with E-state index in [2.05, 4.69) is 29.4 Å². The molecule has 1 aromatic rings. The van der Waals surface area contributed by atoms with E-state index in [9.17, 15) is 4.79 Å². The number of thioether (sulfide) groups is 1. The van der Waals surface area contributed by atoms with Crippen LogP contribution in [0.1, 0.15) is 39.5 Å². The summed E-state index contributed by atoms with van der Waals surface area (Å²) in [6.07, 6.45) is 8.49. The van der Waals surface area contributed by atoms with Crippen molar-refractivity contribution in [3.8, 4) is 0 Å². The van der Waals surface area contributed by atoms with E-state index in [1.54, 1.807) is 29.0 Å². The lowest BCUT2D eigenvalue weighted by Gasteiger charge is -2.22. The first-order valence-electron chi connectivity index (χ1n) is 7.40. The molecule has 0 radical (unpaired) electrons. The van der Waals surface area contributed by atoms with Crippen molar-refractivity contribution in [3.05, 3.63) is 12.4 Å². The summed E-state index contributed by atoms with van der Waals surface area (Å²) in [6.45, 7) is 4.85. The Morgan fingerprint density at radius 2 is 2.00 bits per heavy atom. The minimum absolute atomic E-state index is 0.0825. The summed E-state index contributed by atoms with van der Waals surface area (Å²) in [5.74, 6) is 1.06. The normalized spacial score (nSPS) is 17.6. The van der Waals surface area contributed by atoms with Crippen molar-refractivity contribution < 1.29 is 4.79 Å². The van der Waals surface area contributed by atoms with Crippen molar-refractivity contribution in [2.45, 2.75) is 57.4 Å². The lowest BCUT2D eigenvalue weighted by Crippen LogP contribution is -2.43. The van der Waals surface area contributed by atoms with Crippen LogP contribution in [0, 0.1) is 5.92 Å². The van der Waals surface area contributed by atoms with E-state index in [-0.39, 0.29) is 11.9 Å². The molecule has 1 saturated carbocycles. The molecule has 0 aromatic carbocycles. The van der Waals surface area contributed by atoms with Crippen LogP contribution in [0.4, 0.5) is 0 Å². The largest absolute Gasteiger partial charge is 0.350 e. The van der Waals surface area contributed by atoms with Gasteiger partial charge in [-0.2, -0.15) is 15.0 Å². The number of nitrogens with one attached hydrogen (secondary N) is 1. The molecule has 0 bridgehead atoms. The SMILES string of the molecule is CC(C)[C@@H](Cn1nccn1)NC(=O)CSC1CCCC1. The smallest absolute Gasteiger partial charge is 0.230 e. The Labute approximate surface area is 124 Å². The molecule has 0 saturated heterocycles. The van der Waals surface area contributed by atoms with Crippen LogP contribution in [-0.4, -0.2) is 37.9 Å². The quantitative estimate of drug-likeness (QED) is 0.837. The van der Waals surface area contributed by atoms with Gasteiger partial charge in [0.1, 0.15) is 0 Å². The maximum Gasteiger partial charge on any atom is 0.230 e. The Morgan fingerprint density at radius 1 is 1.35 bits per heavy atom.